The van der Waals surface area contributed by atoms with Gasteiger partial charge in [0.15, 0.2) is 5.69 Å². The lowest BCUT2D eigenvalue weighted by atomic mass is 10.0. The van der Waals surface area contributed by atoms with Crippen molar-refractivity contribution in [3.8, 4) is 0 Å². The van der Waals surface area contributed by atoms with Crippen LogP contribution in [0.15, 0.2) is 24.3 Å². The molecule has 0 radical (unpaired) electrons. The van der Waals surface area contributed by atoms with Crippen molar-refractivity contribution in [2.45, 2.75) is 33.9 Å². The van der Waals surface area contributed by atoms with Gasteiger partial charge < -0.3 is 9.80 Å². The van der Waals surface area contributed by atoms with Crippen molar-refractivity contribution in [3.05, 3.63) is 63.8 Å². The zero-order valence-electron chi connectivity index (χ0n) is 14.7. The van der Waals surface area contributed by atoms with Crippen LogP contribution >= 0.6 is 0 Å². The van der Waals surface area contributed by atoms with E-state index in [1.54, 1.807) is 6.07 Å². The molecule has 0 aliphatic carbocycles. The zero-order valence-corrected chi connectivity index (χ0v) is 14.7. The Labute approximate surface area is 143 Å². The van der Waals surface area contributed by atoms with Gasteiger partial charge in [-0.1, -0.05) is 6.07 Å². The summed E-state index contributed by atoms with van der Waals surface area (Å²) in [7, 11) is 2.02. The third-order valence-electron chi connectivity index (χ3n) is 4.90. The first-order valence-corrected chi connectivity index (χ1v) is 7.92. The molecule has 1 atom stereocenters. The van der Waals surface area contributed by atoms with E-state index < -0.39 is 0 Å². The summed E-state index contributed by atoms with van der Waals surface area (Å²) in [6.45, 7) is 23.3. The van der Waals surface area contributed by atoms with Crippen LogP contribution in [0, 0.1) is 33.9 Å². The van der Waals surface area contributed by atoms with E-state index in [-0.39, 0.29) is 6.17 Å². The summed E-state index contributed by atoms with van der Waals surface area (Å²) in [5.74, 6) is 0. The molecular weight excluding hydrogens is 296 g/mol. The fourth-order valence-corrected chi connectivity index (χ4v) is 3.41. The summed E-state index contributed by atoms with van der Waals surface area (Å²) in [6, 6.07) is 7.93. The van der Waals surface area contributed by atoms with E-state index in [4.69, 9.17) is 13.1 Å². The minimum absolute atomic E-state index is 0.0846. The second-order valence-electron chi connectivity index (χ2n) is 6.39. The van der Waals surface area contributed by atoms with E-state index in [1.165, 1.54) is 16.7 Å². The Morgan fingerprint density at radius 2 is 1.67 bits per heavy atom. The maximum Gasteiger partial charge on any atom is 0.202 e. The van der Waals surface area contributed by atoms with Crippen molar-refractivity contribution in [1.82, 2.24) is 0 Å². The average Bonchev–Trinajstić information content (AvgIpc) is 2.81. The lowest BCUT2D eigenvalue weighted by Crippen LogP contribution is -2.36. The lowest BCUT2D eigenvalue weighted by Gasteiger charge is -2.30. The number of nitrogens with zero attached hydrogens (tertiary/aromatic N) is 4. The first-order valence-electron chi connectivity index (χ1n) is 7.92. The molecule has 0 fully saturated rings. The second-order valence-corrected chi connectivity index (χ2v) is 6.39. The van der Waals surface area contributed by atoms with Crippen LogP contribution < -0.4 is 9.80 Å². The van der Waals surface area contributed by atoms with Gasteiger partial charge in [0.05, 0.1) is 18.8 Å². The van der Waals surface area contributed by atoms with Gasteiger partial charge in [-0.15, -0.1) is 0 Å². The van der Waals surface area contributed by atoms with Gasteiger partial charge >= 0.3 is 0 Å². The van der Waals surface area contributed by atoms with Crippen LogP contribution in [0.25, 0.3) is 9.69 Å². The molecule has 24 heavy (non-hydrogen) atoms. The predicted molar refractivity (Wildman–Crippen MR) is 99.6 cm³/mol. The van der Waals surface area contributed by atoms with E-state index >= 15 is 0 Å². The molecule has 0 aromatic heterocycles. The van der Waals surface area contributed by atoms with Gasteiger partial charge in [-0.25, -0.2) is 9.69 Å². The summed E-state index contributed by atoms with van der Waals surface area (Å²) in [5.41, 5.74) is 7.70. The highest BCUT2D eigenvalue weighted by atomic mass is 15.4. The summed E-state index contributed by atoms with van der Waals surface area (Å²) >= 11 is 0. The van der Waals surface area contributed by atoms with Crippen LogP contribution in [-0.4, -0.2) is 13.2 Å². The fourth-order valence-electron chi connectivity index (χ4n) is 3.41. The van der Waals surface area contributed by atoms with Crippen LogP contribution in [0.2, 0.25) is 0 Å². The smallest absolute Gasteiger partial charge is 0.202 e. The largest absolute Gasteiger partial charge is 0.355 e. The van der Waals surface area contributed by atoms with Gasteiger partial charge in [0.2, 0.25) is 5.69 Å². The van der Waals surface area contributed by atoms with Crippen molar-refractivity contribution < 1.29 is 0 Å². The van der Waals surface area contributed by atoms with Gasteiger partial charge in [-0.2, -0.15) is 0 Å². The Hall–Kier alpha value is -2.98. The molecule has 0 bridgehead atoms. The van der Waals surface area contributed by atoms with Crippen molar-refractivity contribution in [2.75, 3.05) is 16.8 Å². The topological polar surface area (TPSA) is 15.2 Å². The Bertz CT molecular complexity index is 915. The summed E-state index contributed by atoms with van der Waals surface area (Å²) in [4.78, 5) is 11.6. The van der Waals surface area contributed by atoms with Gasteiger partial charge in [0.25, 0.3) is 0 Å². The van der Waals surface area contributed by atoms with Crippen molar-refractivity contribution in [2.24, 2.45) is 0 Å². The third kappa shape index (κ3) is 2.20. The van der Waals surface area contributed by atoms with Crippen LogP contribution in [0.3, 0.4) is 0 Å². The van der Waals surface area contributed by atoms with Crippen molar-refractivity contribution in [1.29, 1.82) is 0 Å². The first-order chi connectivity index (χ1) is 11.4. The zero-order chi connectivity index (χ0) is 17.6. The van der Waals surface area contributed by atoms with Crippen molar-refractivity contribution >= 4 is 28.4 Å². The lowest BCUT2D eigenvalue weighted by molar-refractivity contribution is 0.732. The predicted octanol–water partition coefficient (Wildman–Crippen LogP) is 5.65. The first kappa shape index (κ1) is 15.9. The third-order valence-corrected chi connectivity index (χ3v) is 4.90. The maximum absolute atomic E-state index is 7.58. The second kappa shape index (κ2) is 5.58. The van der Waals surface area contributed by atoms with Crippen LogP contribution in [-0.2, 0) is 0 Å². The number of fused-ring (bicyclic) bond motifs is 1. The van der Waals surface area contributed by atoms with Crippen molar-refractivity contribution in [3.63, 3.8) is 0 Å². The minimum Gasteiger partial charge on any atom is -0.355 e. The number of hydrogen-bond donors (Lipinski definition) is 0. The van der Waals surface area contributed by atoms with E-state index in [0.717, 1.165) is 17.1 Å². The minimum atomic E-state index is 0.0846. The standard InChI is InChI=1S/C20H20N4/c1-12-8-13(2)14(3)18(9-12)24-15(4)23(7)19-11-16(21-5)10-17(22-6)20(19)24/h8-11,15H,1-4,7H3/t15-/m0/s1. The molecule has 1 aliphatic heterocycles. The fraction of sp³-hybridized carbons (Fsp3) is 0.300. The van der Waals surface area contributed by atoms with Gasteiger partial charge in [-0.05, 0) is 62.6 Å². The molecule has 3 rings (SSSR count). The summed E-state index contributed by atoms with van der Waals surface area (Å²) < 4.78 is 0. The highest BCUT2D eigenvalue weighted by Crippen LogP contribution is 2.51. The van der Waals surface area contributed by atoms with Gasteiger partial charge in [0.1, 0.15) is 6.17 Å². The van der Waals surface area contributed by atoms with Crippen LogP contribution in [0.1, 0.15) is 23.6 Å². The van der Waals surface area contributed by atoms with E-state index in [2.05, 4.69) is 59.3 Å². The molecule has 1 aliphatic rings. The van der Waals surface area contributed by atoms with E-state index in [9.17, 15) is 0 Å². The molecule has 4 nitrogen and oxygen atoms in total. The molecule has 0 saturated heterocycles. The normalized spacial score (nSPS) is 15.9. The van der Waals surface area contributed by atoms with Gasteiger partial charge in [-0.3, -0.25) is 0 Å². The average molecular weight is 316 g/mol. The molecule has 0 N–H and O–H groups in total. The molecule has 4 heteroatoms. The van der Waals surface area contributed by atoms with E-state index in [0.29, 0.717) is 11.4 Å². The highest BCUT2D eigenvalue weighted by Gasteiger charge is 2.35. The Morgan fingerprint density at radius 1 is 0.958 bits per heavy atom. The number of anilines is 3. The molecule has 0 saturated carbocycles. The molecule has 1 heterocycles. The van der Waals surface area contributed by atoms with Crippen LogP contribution in [0.5, 0.6) is 0 Å². The number of rotatable bonds is 1. The molecule has 2 aromatic rings. The molecular formula is C20H20N4. The van der Waals surface area contributed by atoms with Crippen LogP contribution in [0.4, 0.5) is 28.4 Å². The quantitative estimate of drug-likeness (QED) is 0.632. The number of benzene rings is 2. The summed E-state index contributed by atoms with van der Waals surface area (Å²) in [5, 5.41) is 0. The van der Waals surface area contributed by atoms with Gasteiger partial charge in [0, 0.05) is 18.4 Å². The Morgan fingerprint density at radius 3 is 2.29 bits per heavy atom. The number of hydrogen-bond acceptors (Lipinski definition) is 2. The molecule has 0 amide bonds. The Balaban J connectivity index is 2.32. The maximum atomic E-state index is 7.58. The molecule has 0 unspecified atom stereocenters. The molecule has 2 aromatic carbocycles. The Kier molecular flexibility index (Phi) is 3.70. The summed E-state index contributed by atoms with van der Waals surface area (Å²) in [6.07, 6.45) is 0.0846. The molecule has 0 spiro atoms. The highest BCUT2D eigenvalue weighted by molar-refractivity contribution is 5.96. The SMILES string of the molecule is [C-]#[N+]c1cc([N+]#[C-])c2c(c1)N(C)[C@H](C)N2c1cc(C)cc(C)c1C. The molecule has 120 valence electrons. The van der Waals surface area contributed by atoms with E-state index in [1.807, 2.05) is 13.1 Å². The number of aryl methyl sites for hydroxylation is 2. The monoisotopic (exact) mass is 316 g/mol.